The van der Waals surface area contributed by atoms with Crippen molar-refractivity contribution in [3.63, 3.8) is 0 Å². The van der Waals surface area contributed by atoms with Crippen LogP contribution in [0.3, 0.4) is 0 Å². The van der Waals surface area contributed by atoms with Gasteiger partial charge in [-0.1, -0.05) is 58.6 Å². The van der Waals surface area contributed by atoms with E-state index in [9.17, 15) is 14.4 Å². The molecule has 1 aromatic heterocycles. The Morgan fingerprint density at radius 1 is 1.10 bits per heavy atom. The largest absolute Gasteiger partial charge is 0.350 e. The number of carbonyl (C=O) groups is 3. The van der Waals surface area contributed by atoms with Crippen LogP contribution < -0.4 is 16.0 Å². The zero-order valence-electron chi connectivity index (χ0n) is 25.2. The predicted molar refractivity (Wildman–Crippen MR) is 174 cm³/mol. The first kappa shape index (κ1) is 32.5. The van der Waals surface area contributed by atoms with Crippen LogP contribution in [0.1, 0.15) is 69.4 Å². The van der Waals surface area contributed by atoms with Gasteiger partial charge in [0.25, 0.3) is 0 Å². The van der Waals surface area contributed by atoms with Gasteiger partial charge in [-0.05, 0) is 36.5 Å². The lowest BCUT2D eigenvalue weighted by molar-refractivity contribution is -0.129. The molecule has 230 valence electrons. The smallest absolute Gasteiger partial charge is 0.247 e. The minimum absolute atomic E-state index is 0.159. The fourth-order valence-electron chi connectivity index (χ4n) is 5.77. The summed E-state index contributed by atoms with van der Waals surface area (Å²) in [5.41, 5.74) is 2.71. The van der Waals surface area contributed by atoms with Crippen LogP contribution >= 0.6 is 23.1 Å². The van der Waals surface area contributed by atoms with Gasteiger partial charge in [-0.3, -0.25) is 19.3 Å². The van der Waals surface area contributed by atoms with E-state index < -0.39 is 6.04 Å². The Balaban J connectivity index is 1.42. The van der Waals surface area contributed by atoms with E-state index >= 15 is 0 Å². The summed E-state index contributed by atoms with van der Waals surface area (Å²) in [5, 5.41) is 10.0. The van der Waals surface area contributed by atoms with Gasteiger partial charge in [0.15, 0.2) is 0 Å². The number of fused-ring (bicyclic) bond motifs is 1. The van der Waals surface area contributed by atoms with E-state index in [4.69, 9.17) is 4.98 Å². The van der Waals surface area contributed by atoms with Gasteiger partial charge in [-0.2, -0.15) is 11.8 Å². The number of thioether (sulfide) groups is 1. The number of aromatic nitrogens is 1. The topological polar surface area (TPSA) is 103 Å². The van der Waals surface area contributed by atoms with Crippen molar-refractivity contribution in [3.05, 3.63) is 40.9 Å². The van der Waals surface area contributed by atoms with E-state index in [2.05, 4.69) is 46.5 Å². The Bertz CT molecular complexity index is 1220. The molecule has 2 aromatic rings. The normalized spacial score (nSPS) is 17.9. The molecule has 1 saturated heterocycles. The quantitative estimate of drug-likeness (QED) is 0.272. The number of amides is 3. The van der Waals surface area contributed by atoms with E-state index in [1.165, 1.54) is 24.8 Å². The van der Waals surface area contributed by atoms with Crippen molar-refractivity contribution in [2.24, 2.45) is 5.92 Å². The number of carbonyl (C=O) groups excluding carboxylic acids is 3. The lowest BCUT2D eigenvalue weighted by Gasteiger charge is -2.29. The van der Waals surface area contributed by atoms with Crippen LogP contribution in [0, 0.1) is 5.92 Å². The van der Waals surface area contributed by atoms with Crippen molar-refractivity contribution < 1.29 is 14.4 Å². The Kier molecular flexibility index (Phi) is 12.7. The summed E-state index contributed by atoms with van der Waals surface area (Å²) < 4.78 is 1.09. The molecule has 1 aliphatic heterocycles. The second-order valence-electron chi connectivity index (χ2n) is 11.6. The first-order chi connectivity index (χ1) is 20.3. The number of hydrogen-bond acceptors (Lipinski definition) is 7. The molecule has 10 heteroatoms. The van der Waals surface area contributed by atoms with E-state index in [-0.39, 0.29) is 23.8 Å². The van der Waals surface area contributed by atoms with Crippen LogP contribution in [0.5, 0.6) is 0 Å². The molecule has 1 aliphatic carbocycles. The second kappa shape index (κ2) is 16.4. The molecule has 0 bridgehead atoms. The fourth-order valence-corrected chi connectivity index (χ4v) is 7.82. The number of nitrogens with one attached hydrogen (secondary N) is 3. The Morgan fingerprint density at radius 2 is 1.86 bits per heavy atom. The van der Waals surface area contributed by atoms with Crippen molar-refractivity contribution in [1.29, 1.82) is 0 Å². The van der Waals surface area contributed by atoms with Crippen LogP contribution in [0.15, 0.2) is 30.4 Å². The summed E-state index contributed by atoms with van der Waals surface area (Å²) in [4.78, 5) is 46.2. The van der Waals surface area contributed by atoms with Crippen LogP contribution in [0.25, 0.3) is 10.2 Å². The third kappa shape index (κ3) is 9.81. The SMILES string of the molecule is C=C(CN1CCSCC1)C(=O)NC[C@H](CC1CCCCC1)NC(=O)[C@H](Cc1nc2ccc(CC)cc2s1)NC(=O)CC. The summed E-state index contributed by atoms with van der Waals surface area (Å²) in [5.74, 6) is 2.11. The summed E-state index contributed by atoms with van der Waals surface area (Å²) >= 11 is 3.51. The first-order valence-electron chi connectivity index (χ1n) is 15.6. The van der Waals surface area contributed by atoms with Gasteiger partial charge >= 0.3 is 0 Å². The van der Waals surface area contributed by atoms with E-state index in [1.54, 1.807) is 18.3 Å². The highest BCUT2D eigenvalue weighted by Crippen LogP contribution is 2.28. The summed E-state index contributed by atoms with van der Waals surface area (Å²) in [7, 11) is 0. The molecular weight excluding hydrogens is 567 g/mol. The Labute approximate surface area is 258 Å². The second-order valence-corrected chi connectivity index (χ2v) is 13.9. The molecular formula is C32H47N5O3S2. The van der Waals surface area contributed by atoms with Crippen molar-refractivity contribution in [3.8, 4) is 0 Å². The number of nitrogens with zero attached hydrogens (tertiary/aromatic N) is 2. The van der Waals surface area contributed by atoms with Crippen LogP contribution in [0.2, 0.25) is 0 Å². The van der Waals surface area contributed by atoms with Gasteiger partial charge in [0.1, 0.15) is 6.04 Å². The molecule has 42 heavy (non-hydrogen) atoms. The fraction of sp³-hybridized carbons (Fsp3) is 0.625. The molecule has 1 aromatic carbocycles. The molecule has 2 aliphatic rings. The van der Waals surface area contributed by atoms with Gasteiger partial charge in [0.05, 0.1) is 15.2 Å². The molecule has 2 fully saturated rings. The van der Waals surface area contributed by atoms with Gasteiger partial charge in [0.2, 0.25) is 17.7 Å². The number of hydrogen-bond donors (Lipinski definition) is 3. The monoisotopic (exact) mass is 613 g/mol. The molecule has 8 nitrogen and oxygen atoms in total. The number of benzene rings is 1. The molecule has 2 heterocycles. The lowest BCUT2D eigenvalue weighted by Crippen LogP contribution is -2.53. The third-order valence-electron chi connectivity index (χ3n) is 8.29. The summed E-state index contributed by atoms with van der Waals surface area (Å²) in [6.07, 6.45) is 8.32. The Morgan fingerprint density at radius 3 is 2.57 bits per heavy atom. The van der Waals surface area contributed by atoms with Crippen LogP contribution in [-0.2, 0) is 27.2 Å². The first-order valence-corrected chi connectivity index (χ1v) is 17.6. The molecule has 3 N–H and O–H groups in total. The maximum absolute atomic E-state index is 13.7. The molecule has 4 rings (SSSR count). The maximum Gasteiger partial charge on any atom is 0.247 e. The van der Waals surface area contributed by atoms with Crippen LogP contribution in [-0.4, -0.2) is 77.4 Å². The molecule has 3 amide bonds. The minimum Gasteiger partial charge on any atom is -0.350 e. The minimum atomic E-state index is -0.736. The molecule has 2 atom stereocenters. The number of rotatable bonds is 14. The van der Waals surface area contributed by atoms with Gasteiger partial charge in [0, 0.05) is 62.1 Å². The number of thiazole rings is 1. The third-order valence-corrected chi connectivity index (χ3v) is 10.3. The van der Waals surface area contributed by atoms with E-state index in [0.717, 1.165) is 65.5 Å². The van der Waals surface area contributed by atoms with Gasteiger partial charge < -0.3 is 16.0 Å². The average Bonchev–Trinajstić information content (AvgIpc) is 3.41. The van der Waals surface area contributed by atoms with Crippen molar-refractivity contribution in [1.82, 2.24) is 25.8 Å². The van der Waals surface area contributed by atoms with E-state index in [0.29, 0.717) is 37.4 Å². The predicted octanol–water partition coefficient (Wildman–Crippen LogP) is 4.47. The highest BCUT2D eigenvalue weighted by Gasteiger charge is 2.27. The zero-order valence-corrected chi connectivity index (χ0v) is 26.8. The Hall–Kier alpha value is -2.43. The highest BCUT2D eigenvalue weighted by atomic mass is 32.2. The average molecular weight is 614 g/mol. The zero-order chi connectivity index (χ0) is 29.9. The summed E-state index contributed by atoms with van der Waals surface area (Å²) in [6, 6.07) is 5.29. The van der Waals surface area contributed by atoms with Gasteiger partial charge in [-0.25, -0.2) is 4.98 Å². The van der Waals surface area contributed by atoms with Crippen LogP contribution in [0.4, 0.5) is 0 Å². The standard InChI is InChI=1S/C32H47N5O3S2/c1-4-23-11-12-26-28(18-23)42-30(36-26)19-27(35-29(38)5-2)32(40)34-25(17-24-9-7-6-8-10-24)20-33-31(39)22(3)21-37-13-15-41-16-14-37/h11-12,18,24-25,27H,3-10,13-17,19-21H2,1-2H3,(H,33,39)(H,34,40)(H,35,38)/t25-,27-/m0/s1. The molecule has 0 unspecified atom stereocenters. The molecule has 0 radical (unpaired) electrons. The number of aryl methyl sites for hydroxylation is 1. The van der Waals surface area contributed by atoms with Crippen molar-refractivity contribution >= 4 is 51.0 Å². The van der Waals surface area contributed by atoms with E-state index in [1.807, 2.05) is 17.8 Å². The van der Waals surface area contributed by atoms with Crippen molar-refractivity contribution in [2.45, 2.75) is 83.7 Å². The molecule has 0 spiro atoms. The van der Waals surface area contributed by atoms with Crippen molar-refractivity contribution in [2.75, 3.05) is 37.7 Å². The highest BCUT2D eigenvalue weighted by molar-refractivity contribution is 7.99. The lowest BCUT2D eigenvalue weighted by atomic mass is 9.84. The molecule has 1 saturated carbocycles. The van der Waals surface area contributed by atoms with Gasteiger partial charge in [-0.15, -0.1) is 11.3 Å². The maximum atomic E-state index is 13.7. The summed E-state index contributed by atoms with van der Waals surface area (Å²) in [6.45, 7) is 10.8.